The van der Waals surface area contributed by atoms with Gasteiger partial charge >= 0.3 is 5.69 Å². The maximum absolute atomic E-state index is 11.1. The van der Waals surface area contributed by atoms with E-state index in [0.717, 1.165) is 5.56 Å². The molecule has 0 radical (unpaired) electrons. The van der Waals surface area contributed by atoms with Crippen molar-refractivity contribution in [3.8, 4) is 5.75 Å². The second-order valence-electron chi connectivity index (χ2n) is 4.43. The van der Waals surface area contributed by atoms with E-state index in [0.29, 0.717) is 5.56 Å². The molecule has 0 aliphatic rings. The standard InChI is InChI=1S/C15H16N2O3/c1-11(13-5-3-2-4-6-13)20-15-8-7-12(10-16)9-14(15)17(18)19/h2-9,11H,10,16H2,1H3. The molecule has 5 nitrogen and oxygen atoms in total. The summed E-state index contributed by atoms with van der Waals surface area (Å²) in [4.78, 5) is 10.6. The maximum atomic E-state index is 11.1. The van der Waals surface area contributed by atoms with Crippen molar-refractivity contribution in [2.24, 2.45) is 5.73 Å². The molecular formula is C15H16N2O3. The fourth-order valence-electron chi connectivity index (χ4n) is 1.91. The van der Waals surface area contributed by atoms with Crippen molar-refractivity contribution in [3.05, 3.63) is 69.8 Å². The molecule has 0 amide bonds. The Bertz CT molecular complexity index is 599. The summed E-state index contributed by atoms with van der Waals surface area (Å²) in [5, 5.41) is 11.1. The van der Waals surface area contributed by atoms with Gasteiger partial charge in [-0.3, -0.25) is 10.1 Å². The summed E-state index contributed by atoms with van der Waals surface area (Å²) >= 11 is 0. The van der Waals surface area contributed by atoms with E-state index in [-0.39, 0.29) is 24.1 Å². The lowest BCUT2D eigenvalue weighted by atomic mass is 10.1. The van der Waals surface area contributed by atoms with Gasteiger partial charge in [0.25, 0.3) is 0 Å². The first-order valence-corrected chi connectivity index (χ1v) is 6.31. The van der Waals surface area contributed by atoms with E-state index in [1.165, 1.54) is 6.07 Å². The van der Waals surface area contributed by atoms with Crippen LogP contribution < -0.4 is 10.5 Å². The number of hydrogen-bond donors (Lipinski definition) is 1. The van der Waals surface area contributed by atoms with Crippen molar-refractivity contribution in [2.75, 3.05) is 0 Å². The summed E-state index contributed by atoms with van der Waals surface area (Å²) in [7, 11) is 0. The van der Waals surface area contributed by atoms with Crippen molar-refractivity contribution in [1.29, 1.82) is 0 Å². The summed E-state index contributed by atoms with van der Waals surface area (Å²) in [5.74, 6) is 0.253. The number of benzene rings is 2. The molecule has 1 atom stereocenters. The Morgan fingerprint density at radius 2 is 1.95 bits per heavy atom. The van der Waals surface area contributed by atoms with Crippen LogP contribution in [0.15, 0.2) is 48.5 Å². The van der Waals surface area contributed by atoms with Crippen LogP contribution >= 0.6 is 0 Å². The van der Waals surface area contributed by atoms with Gasteiger partial charge in [0.15, 0.2) is 5.75 Å². The lowest BCUT2D eigenvalue weighted by Crippen LogP contribution is -2.06. The zero-order chi connectivity index (χ0) is 14.5. The minimum Gasteiger partial charge on any atom is -0.479 e. The van der Waals surface area contributed by atoms with Gasteiger partial charge in [-0.1, -0.05) is 36.4 Å². The average Bonchev–Trinajstić information content (AvgIpc) is 2.48. The number of ether oxygens (including phenoxy) is 1. The van der Waals surface area contributed by atoms with Crippen LogP contribution in [-0.4, -0.2) is 4.92 Å². The Kier molecular flexibility index (Phi) is 4.32. The van der Waals surface area contributed by atoms with E-state index in [4.69, 9.17) is 10.5 Å². The maximum Gasteiger partial charge on any atom is 0.311 e. The second-order valence-corrected chi connectivity index (χ2v) is 4.43. The van der Waals surface area contributed by atoms with E-state index in [1.807, 2.05) is 37.3 Å². The molecule has 20 heavy (non-hydrogen) atoms. The SMILES string of the molecule is CC(Oc1ccc(CN)cc1[N+](=O)[O-])c1ccccc1. The summed E-state index contributed by atoms with van der Waals surface area (Å²) < 4.78 is 5.71. The first-order valence-electron chi connectivity index (χ1n) is 6.31. The van der Waals surface area contributed by atoms with Crippen molar-refractivity contribution in [1.82, 2.24) is 0 Å². The van der Waals surface area contributed by atoms with Crippen molar-refractivity contribution in [3.63, 3.8) is 0 Å². The molecular weight excluding hydrogens is 256 g/mol. The quantitative estimate of drug-likeness (QED) is 0.669. The number of nitrogens with zero attached hydrogens (tertiary/aromatic N) is 1. The molecule has 0 bridgehead atoms. The Balaban J connectivity index is 2.27. The number of hydrogen-bond acceptors (Lipinski definition) is 4. The molecule has 0 fully saturated rings. The third kappa shape index (κ3) is 3.13. The van der Waals surface area contributed by atoms with Gasteiger partial charge in [0, 0.05) is 12.6 Å². The molecule has 0 aliphatic carbocycles. The monoisotopic (exact) mass is 272 g/mol. The Labute approximate surface area is 117 Å². The molecule has 0 spiro atoms. The number of nitrogens with two attached hydrogens (primary N) is 1. The number of nitro groups is 1. The molecule has 1 unspecified atom stereocenters. The summed E-state index contributed by atoms with van der Waals surface area (Å²) in [6, 6.07) is 14.3. The van der Waals surface area contributed by atoms with Crippen molar-refractivity contribution < 1.29 is 9.66 Å². The van der Waals surface area contributed by atoms with Crippen LogP contribution in [0.25, 0.3) is 0 Å². The molecule has 0 saturated heterocycles. The minimum atomic E-state index is -0.452. The normalized spacial score (nSPS) is 11.9. The Morgan fingerprint density at radius 3 is 2.55 bits per heavy atom. The molecule has 2 rings (SSSR count). The molecule has 0 aromatic heterocycles. The van der Waals surface area contributed by atoms with Crippen LogP contribution in [0.4, 0.5) is 5.69 Å². The molecule has 2 aromatic rings. The third-order valence-electron chi connectivity index (χ3n) is 3.03. The van der Waals surface area contributed by atoms with E-state index in [1.54, 1.807) is 12.1 Å². The van der Waals surface area contributed by atoms with Crippen LogP contribution in [0.2, 0.25) is 0 Å². The first kappa shape index (κ1) is 14.0. The fraction of sp³-hybridized carbons (Fsp3) is 0.200. The number of rotatable bonds is 5. The van der Waals surface area contributed by atoms with Crippen LogP contribution in [-0.2, 0) is 6.54 Å². The highest BCUT2D eigenvalue weighted by molar-refractivity contribution is 5.49. The van der Waals surface area contributed by atoms with Gasteiger partial charge in [-0.25, -0.2) is 0 Å². The molecule has 2 aromatic carbocycles. The Morgan fingerprint density at radius 1 is 1.25 bits per heavy atom. The van der Waals surface area contributed by atoms with E-state index < -0.39 is 4.92 Å². The van der Waals surface area contributed by atoms with Crippen LogP contribution in [0.3, 0.4) is 0 Å². The van der Waals surface area contributed by atoms with Crippen LogP contribution in [0, 0.1) is 10.1 Å². The van der Waals surface area contributed by atoms with Gasteiger partial charge in [-0.05, 0) is 24.1 Å². The summed E-state index contributed by atoms with van der Waals surface area (Å²) in [6.45, 7) is 2.12. The molecule has 104 valence electrons. The van der Waals surface area contributed by atoms with E-state index in [2.05, 4.69) is 0 Å². The predicted molar refractivity (Wildman–Crippen MR) is 76.5 cm³/mol. The van der Waals surface area contributed by atoms with Gasteiger partial charge in [0.1, 0.15) is 6.10 Å². The smallest absolute Gasteiger partial charge is 0.311 e. The zero-order valence-corrected chi connectivity index (χ0v) is 11.2. The lowest BCUT2D eigenvalue weighted by molar-refractivity contribution is -0.386. The summed E-state index contributed by atoms with van der Waals surface area (Å²) in [5.41, 5.74) is 7.11. The average molecular weight is 272 g/mol. The highest BCUT2D eigenvalue weighted by Crippen LogP contribution is 2.31. The van der Waals surface area contributed by atoms with E-state index in [9.17, 15) is 10.1 Å². The lowest BCUT2D eigenvalue weighted by Gasteiger charge is -2.15. The molecule has 0 aliphatic heterocycles. The predicted octanol–water partition coefficient (Wildman–Crippen LogP) is 3.19. The van der Waals surface area contributed by atoms with Crippen LogP contribution in [0.5, 0.6) is 5.75 Å². The van der Waals surface area contributed by atoms with Gasteiger partial charge in [0.05, 0.1) is 4.92 Å². The third-order valence-corrected chi connectivity index (χ3v) is 3.03. The highest BCUT2D eigenvalue weighted by Gasteiger charge is 2.18. The van der Waals surface area contributed by atoms with Gasteiger partial charge in [0.2, 0.25) is 0 Å². The largest absolute Gasteiger partial charge is 0.479 e. The Hall–Kier alpha value is -2.40. The van der Waals surface area contributed by atoms with Crippen LogP contribution in [0.1, 0.15) is 24.2 Å². The molecule has 0 saturated carbocycles. The summed E-state index contributed by atoms with van der Waals surface area (Å²) in [6.07, 6.45) is -0.265. The number of nitro benzene ring substituents is 1. The molecule has 2 N–H and O–H groups in total. The molecule has 5 heteroatoms. The zero-order valence-electron chi connectivity index (χ0n) is 11.2. The highest BCUT2D eigenvalue weighted by atomic mass is 16.6. The topological polar surface area (TPSA) is 78.4 Å². The minimum absolute atomic E-state index is 0.0595. The van der Waals surface area contributed by atoms with E-state index >= 15 is 0 Å². The van der Waals surface area contributed by atoms with Gasteiger partial charge in [-0.2, -0.15) is 0 Å². The second kappa shape index (κ2) is 6.16. The fourth-order valence-corrected chi connectivity index (χ4v) is 1.91. The van der Waals surface area contributed by atoms with Gasteiger partial charge in [-0.15, -0.1) is 0 Å². The van der Waals surface area contributed by atoms with Gasteiger partial charge < -0.3 is 10.5 Å². The first-order chi connectivity index (χ1) is 9.61. The van der Waals surface area contributed by atoms with Crippen molar-refractivity contribution >= 4 is 5.69 Å². The molecule has 0 heterocycles. The van der Waals surface area contributed by atoms with Crippen molar-refractivity contribution in [2.45, 2.75) is 19.6 Å².